The first-order chi connectivity index (χ1) is 14.2. The van der Waals surface area contributed by atoms with Crippen LogP contribution < -0.4 is 5.84 Å². The Balaban J connectivity index is 0.00000256. The van der Waals surface area contributed by atoms with Gasteiger partial charge in [0.15, 0.2) is 0 Å². The van der Waals surface area contributed by atoms with E-state index < -0.39 is 5.91 Å². The van der Waals surface area contributed by atoms with Crippen LogP contribution in [0.25, 0.3) is 22.3 Å². The van der Waals surface area contributed by atoms with Crippen molar-refractivity contribution in [3.63, 3.8) is 0 Å². The summed E-state index contributed by atoms with van der Waals surface area (Å²) in [5.41, 5.74) is 8.00. The van der Waals surface area contributed by atoms with Gasteiger partial charge in [0.2, 0.25) is 0 Å². The molecule has 1 amide bonds. The summed E-state index contributed by atoms with van der Waals surface area (Å²) in [6, 6.07) is 13.1. The number of nitriles is 1. The van der Waals surface area contributed by atoms with Gasteiger partial charge in [0.05, 0.1) is 28.9 Å². The van der Waals surface area contributed by atoms with Gasteiger partial charge < -0.3 is 25.4 Å². The molecular weight excluding hydrogens is 631 g/mol. The number of nitrogens with zero attached hydrogens (tertiary/aromatic N) is 5. The van der Waals surface area contributed by atoms with Gasteiger partial charge in [0.25, 0.3) is 0 Å². The molecule has 1 aromatic carbocycles. The summed E-state index contributed by atoms with van der Waals surface area (Å²) in [6.07, 6.45) is 6.17. The normalized spacial score (nSPS) is 13.7. The number of rotatable bonds is 6. The molecule has 2 aromatic heterocycles. The maximum atomic E-state index is 11.9. The number of hydrogen-bond acceptors (Lipinski definition) is 5. The third-order valence-electron chi connectivity index (χ3n) is 5.46. The number of imidazole rings is 1. The number of carbonyl (C=O) groups excluding carboxylic acids is 1. The third-order valence-corrected chi connectivity index (χ3v) is 5.46. The largest absolute Gasteiger partial charge is 0.590 e. The monoisotopic (exact) mass is 654 g/mol. The van der Waals surface area contributed by atoms with Gasteiger partial charge >= 0.3 is 0 Å². The SMILES string of the molecule is N#Cc1ccc(-c2nc3ccc(C(=O)[N-]N)cn3c2CCCN2CCCC2)cc1.[Rf]. The summed E-state index contributed by atoms with van der Waals surface area (Å²) < 4.78 is 1.97. The summed E-state index contributed by atoms with van der Waals surface area (Å²) in [4.78, 5) is 19.2. The number of nitrogens with two attached hydrogens (primary N) is 1. The van der Waals surface area contributed by atoms with E-state index in [2.05, 4.69) is 16.4 Å². The second-order valence-electron chi connectivity index (χ2n) is 7.33. The summed E-state index contributed by atoms with van der Waals surface area (Å²) >= 11 is 0. The number of hydrogen-bond donors (Lipinski definition) is 1. The molecule has 0 unspecified atom stereocenters. The van der Waals surface area contributed by atoms with Crippen LogP contribution in [0, 0.1) is 11.3 Å². The Kier molecular flexibility index (Phi) is 6.06. The molecule has 3 heterocycles. The van der Waals surface area contributed by atoms with Gasteiger partial charge in [-0.1, -0.05) is 12.1 Å². The fourth-order valence-corrected chi connectivity index (χ4v) is 3.94. The molecule has 4 rings (SSSR count). The second kappa shape index (κ2) is 8.86. The number of benzene rings is 1. The molecule has 0 aliphatic carbocycles. The molecule has 1 aliphatic rings. The number of aryl methyl sites for hydroxylation is 1. The summed E-state index contributed by atoms with van der Waals surface area (Å²) in [5, 5.41) is 9.07. The molecule has 0 radical (unpaired) electrons. The number of aromatic nitrogens is 2. The molecular formula is C22H23N6ORf-. The molecule has 0 saturated carbocycles. The molecule has 2 N–H and O–H groups in total. The molecule has 0 atom stereocenters. The first-order valence-corrected chi connectivity index (χ1v) is 9.89. The van der Waals surface area contributed by atoms with Crippen molar-refractivity contribution in [2.45, 2.75) is 25.7 Å². The summed E-state index contributed by atoms with van der Waals surface area (Å²) in [7, 11) is 0. The zero-order valence-electron chi connectivity index (χ0n) is 16.9. The van der Waals surface area contributed by atoms with Gasteiger partial charge in [-0.3, -0.25) is 0 Å². The molecule has 8 heteroatoms. The van der Waals surface area contributed by atoms with Gasteiger partial charge in [0.1, 0.15) is 5.65 Å². The Morgan fingerprint density at radius 1 is 1.17 bits per heavy atom. The van der Waals surface area contributed by atoms with E-state index in [1.165, 1.54) is 25.9 Å². The van der Waals surface area contributed by atoms with Crippen LogP contribution in [0.5, 0.6) is 0 Å². The van der Waals surface area contributed by atoms with Crippen LogP contribution >= 0.6 is 0 Å². The van der Waals surface area contributed by atoms with Gasteiger partial charge in [-0.05, 0) is 69.6 Å². The Hall–Kier alpha value is -4.21. The van der Waals surface area contributed by atoms with Crippen molar-refractivity contribution < 1.29 is 4.79 Å². The van der Waals surface area contributed by atoms with Gasteiger partial charge in [-0.15, -0.1) is 0 Å². The van der Waals surface area contributed by atoms with Crippen molar-refractivity contribution in [3.05, 3.63) is 64.8 Å². The van der Waals surface area contributed by atoms with E-state index in [0.29, 0.717) is 11.1 Å². The van der Waals surface area contributed by atoms with Crippen molar-refractivity contribution in [3.8, 4) is 17.3 Å². The fourth-order valence-electron chi connectivity index (χ4n) is 3.94. The number of carbonyl (C=O) groups is 1. The predicted molar refractivity (Wildman–Crippen MR) is 111 cm³/mol. The molecule has 150 valence electrons. The number of likely N-dealkylation sites (tertiary alicyclic amines) is 1. The van der Waals surface area contributed by atoms with Crippen LogP contribution in [-0.2, 0) is 6.42 Å². The topological polar surface area (TPSA) is 102 Å². The van der Waals surface area contributed by atoms with Crippen molar-refractivity contribution in [2.75, 3.05) is 19.6 Å². The minimum absolute atomic E-state index is 0. The average Bonchev–Trinajstić information content (AvgIpc) is 3.41. The molecule has 0 spiro atoms. The van der Waals surface area contributed by atoms with Crippen LogP contribution in [0.4, 0.5) is 0 Å². The van der Waals surface area contributed by atoms with Crippen LogP contribution in [0.2, 0.25) is 0 Å². The molecule has 1 saturated heterocycles. The summed E-state index contributed by atoms with van der Waals surface area (Å²) in [6.45, 7) is 3.40. The number of fused-ring (bicyclic) bond motifs is 1. The standard InChI is InChI=1S/C22H24N6O.Rf/c23-14-16-5-7-17(8-6-16)21-19(4-3-13-27-11-1-2-12-27)28-15-18(22(29)26-24)9-10-20(28)25-21;/h5-10,15H,1-4,11-13,24H2,(H,26,29);/p-1. The average molecular weight is 654 g/mol. The van der Waals surface area contributed by atoms with Crippen LogP contribution in [0.15, 0.2) is 42.6 Å². The first-order valence-electron chi connectivity index (χ1n) is 9.89. The fraction of sp³-hybridized carbons (Fsp3) is 0.318. The molecule has 30 heavy (non-hydrogen) atoms. The van der Waals surface area contributed by atoms with E-state index in [-0.39, 0.29) is 0 Å². The quantitative estimate of drug-likeness (QED) is 0.250. The van der Waals surface area contributed by atoms with E-state index in [9.17, 15) is 4.79 Å². The summed E-state index contributed by atoms with van der Waals surface area (Å²) in [5.74, 6) is 4.72. The predicted octanol–water partition coefficient (Wildman–Crippen LogP) is 3.29. The minimum Gasteiger partial charge on any atom is -0.590 e. The Morgan fingerprint density at radius 2 is 1.90 bits per heavy atom. The van der Waals surface area contributed by atoms with Crippen molar-refractivity contribution in [2.24, 2.45) is 5.84 Å². The van der Waals surface area contributed by atoms with Crippen LogP contribution in [0.1, 0.15) is 40.9 Å². The van der Waals surface area contributed by atoms with E-state index in [1.807, 2.05) is 22.6 Å². The van der Waals surface area contributed by atoms with Crippen LogP contribution in [0.3, 0.4) is 0 Å². The van der Waals surface area contributed by atoms with E-state index in [4.69, 9.17) is 16.1 Å². The first kappa shape index (κ1) is 20.5. The van der Waals surface area contributed by atoms with Gasteiger partial charge in [-0.25, -0.2) is 4.98 Å². The van der Waals surface area contributed by atoms with Gasteiger partial charge in [-0.2, -0.15) is 5.26 Å². The molecule has 3 aromatic rings. The third kappa shape index (κ3) is 3.97. The molecule has 1 fully saturated rings. The van der Waals surface area contributed by atoms with E-state index in [0.717, 1.165) is 42.0 Å². The van der Waals surface area contributed by atoms with Crippen LogP contribution in [-0.4, -0.2) is 39.8 Å². The number of amides is 1. The van der Waals surface area contributed by atoms with Crippen molar-refractivity contribution >= 4 is 11.6 Å². The van der Waals surface area contributed by atoms with Gasteiger partial charge in [0, 0.05) is 17.3 Å². The zero-order valence-corrected chi connectivity index (χ0v) is 23.3. The smallest absolute Gasteiger partial charge is 0.137 e. The Labute approximate surface area is 169 Å². The minimum atomic E-state index is -0.455. The van der Waals surface area contributed by atoms with Crippen molar-refractivity contribution in [1.82, 2.24) is 14.3 Å². The number of pyridine rings is 1. The van der Waals surface area contributed by atoms with E-state index >= 15 is 0 Å². The maximum absolute atomic E-state index is 11.9. The van der Waals surface area contributed by atoms with E-state index in [1.54, 1.807) is 24.4 Å². The second-order valence-corrected chi connectivity index (χ2v) is 7.33. The Bertz CT molecular complexity index is 1060. The van der Waals surface area contributed by atoms with Crippen molar-refractivity contribution in [1.29, 1.82) is 5.26 Å². The Morgan fingerprint density at radius 3 is 2.57 bits per heavy atom. The molecule has 1 aliphatic heterocycles. The molecule has 7 nitrogen and oxygen atoms in total. The molecule has 0 bridgehead atoms. The zero-order chi connectivity index (χ0) is 20.2. The maximum Gasteiger partial charge on any atom is 0.137 e.